The predicted octanol–water partition coefficient (Wildman–Crippen LogP) is 1.91. The van der Waals surface area contributed by atoms with Gasteiger partial charge in [-0.2, -0.15) is 0 Å². The van der Waals surface area contributed by atoms with Crippen molar-refractivity contribution in [3.8, 4) is 0 Å². The van der Waals surface area contributed by atoms with E-state index in [1.807, 2.05) is 0 Å². The molecule has 0 spiro atoms. The van der Waals surface area contributed by atoms with Crippen molar-refractivity contribution in [2.45, 2.75) is 26.1 Å². The van der Waals surface area contributed by atoms with Crippen LogP contribution < -0.4 is 0 Å². The zero-order valence-corrected chi connectivity index (χ0v) is 13.7. The first kappa shape index (κ1) is 18.6. The highest BCUT2D eigenvalue weighted by molar-refractivity contribution is 5.05. The number of hydrogen-bond acceptors (Lipinski definition) is 5. The van der Waals surface area contributed by atoms with Gasteiger partial charge in [-0.25, -0.2) is 0 Å². The van der Waals surface area contributed by atoms with E-state index in [0.29, 0.717) is 51.5 Å². The molecule has 4 atom stereocenters. The van der Waals surface area contributed by atoms with E-state index in [1.165, 1.54) is 0 Å². The van der Waals surface area contributed by atoms with Crippen LogP contribution in [0.1, 0.15) is 13.8 Å². The molecular weight excluding hydrogens is 272 g/mol. The third-order valence-electron chi connectivity index (χ3n) is 3.55. The predicted molar refractivity (Wildman–Crippen MR) is 81.5 cm³/mol. The van der Waals surface area contributed by atoms with Crippen molar-refractivity contribution >= 4 is 0 Å². The van der Waals surface area contributed by atoms with Gasteiger partial charge in [0, 0.05) is 26.1 Å². The average Bonchev–Trinajstić information content (AvgIpc) is 2.98. The van der Waals surface area contributed by atoms with Gasteiger partial charge in [-0.05, 0) is 0 Å². The van der Waals surface area contributed by atoms with Crippen LogP contribution in [0, 0.1) is 11.8 Å². The molecule has 0 aromatic heterocycles. The summed E-state index contributed by atoms with van der Waals surface area (Å²) in [6.45, 7) is 8.18. The maximum atomic E-state index is 6.07. The molecule has 4 unspecified atom stereocenters. The van der Waals surface area contributed by atoms with Crippen LogP contribution in [-0.2, 0) is 23.7 Å². The van der Waals surface area contributed by atoms with Gasteiger partial charge in [-0.3, -0.25) is 0 Å². The molecule has 1 aliphatic rings. The molecule has 5 nitrogen and oxygen atoms in total. The Kier molecular flexibility index (Phi) is 9.87. The van der Waals surface area contributed by atoms with Gasteiger partial charge in [-0.1, -0.05) is 26.0 Å². The van der Waals surface area contributed by atoms with E-state index in [-0.39, 0.29) is 12.2 Å². The fourth-order valence-corrected chi connectivity index (χ4v) is 2.15. The lowest BCUT2D eigenvalue weighted by Crippen LogP contribution is -2.28. The van der Waals surface area contributed by atoms with Crippen LogP contribution >= 0.6 is 0 Å². The molecule has 0 aliphatic carbocycles. The van der Waals surface area contributed by atoms with Crippen LogP contribution in [0.2, 0.25) is 0 Å². The second kappa shape index (κ2) is 11.2. The standard InChI is InChI=1S/C16H30O5/c1-13(11-19-9-7-17-3)15-5-6-16(21-15)14(2)12-20-10-8-18-4/h5-6,13-16H,7-12H2,1-4H3. The molecular formula is C16H30O5. The minimum absolute atomic E-state index is 0.124. The molecule has 124 valence electrons. The second-order valence-corrected chi connectivity index (χ2v) is 5.54. The summed E-state index contributed by atoms with van der Waals surface area (Å²) in [5.74, 6) is 0.675. The summed E-state index contributed by atoms with van der Waals surface area (Å²) in [7, 11) is 3.35. The normalized spacial score (nSPS) is 24.4. The molecule has 1 aliphatic heterocycles. The van der Waals surface area contributed by atoms with Gasteiger partial charge in [0.15, 0.2) is 0 Å². The van der Waals surface area contributed by atoms with Crippen LogP contribution in [0.5, 0.6) is 0 Å². The first-order chi connectivity index (χ1) is 10.2. The second-order valence-electron chi connectivity index (χ2n) is 5.54. The fourth-order valence-electron chi connectivity index (χ4n) is 2.15. The van der Waals surface area contributed by atoms with E-state index in [2.05, 4.69) is 26.0 Å². The van der Waals surface area contributed by atoms with E-state index >= 15 is 0 Å². The highest BCUT2D eigenvalue weighted by atomic mass is 16.5. The van der Waals surface area contributed by atoms with Crippen LogP contribution in [0.15, 0.2) is 12.2 Å². The molecule has 0 N–H and O–H groups in total. The summed E-state index contributed by atoms with van der Waals surface area (Å²) in [4.78, 5) is 0. The first-order valence-electron chi connectivity index (χ1n) is 7.66. The summed E-state index contributed by atoms with van der Waals surface area (Å²) in [6, 6.07) is 0. The summed E-state index contributed by atoms with van der Waals surface area (Å²) < 4.78 is 27.1. The molecule has 0 aromatic rings. The molecule has 21 heavy (non-hydrogen) atoms. The van der Waals surface area contributed by atoms with Gasteiger partial charge in [0.05, 0.1) is 51.8 Å². The van der Waals surface area contributed by atoms with Crippen molar-refractivity contribution in [2.75, 3.05) is 53.9 Å². The quantitative estimate of drug-likeness (QED) is 0.407. The Morgan fingerprint density at radius 3 is 1.62 bits per heavy atom. The average molecular weight is 302 g/mol. The fraction of sp³-hybridized carbons (Fsp3) is 0.875. The van der Waals surface area contributed by atoms with Crippen molar-refractivity contribution in [2.24, 2.45) is 11.8 Å². The number of ether oxygens (including phenoxy) is 5. The maximum Gasteiger partial charge on any atom is 0.0812 e. The van der Waals surface area contributed by atoms with Crippen LogP contribution in [0.25, 0.3) is 0 Å². The Hall–Kier alpha value is -0.460. The van der Waals surface area contributed by atoms with E-state index in [9.17, 15) is 0 Å². The Morgan fingerprint density at radius 2 is 1.24 bits per heavy atom. The van der Waals surface area contributed by atoms with Crippen molar-refractivity contribution in [1.82, 2.24) is 0 Å². The summed E-state index contributed by atoms with van der Waals surface area (Å²) in [6.07, 6.45) is 4.53. The third kappa shape index (κ3) is 7.38. The van der Waals surface area contributed by atoms with Crippen LogP contribution in [0.3, 0.4) is 0 Å². The third-order valence-corrected chi connectivity index (χ3v) is 3.55. The first-order valence-corrected chi connectivity index (χ1v) is 7.66. The monoisotopic (exact) mass is 302 g/mol. The Morgan fingerprint density at radius 1 is 0.810 bits per heavy atom. The molecule has 0 amide bonds. The Balaban J connectivity index is 2.17. The lowest BCUT2D eigenvalue weighted by molar-refractivity contribution is -0.0426. The SMILES string of the molecule is COCCOCC(C)C1C=CC(C(C)COCCOC)O1. The number of rotatable bonds is 12. The molecule has 0 saturated heterocycles. The van der Waals surface area contributed by atoms with Crippen molar-refractivity contribution in [3.05, 3.63) is 12.2 Å². The van der Waals surface area contributed by atoms with Crippen molar-refractivity contribution in [3.63, 3.8) is 0 Å². The Labute approximate surface area is 128 Å². The molecule has 0 aromatic carbocycles. The zero-order chi connectivity index (χ0) is 15.5. The van der Waals surface area contributed by atoms with Crippen molar-refractivity contribution in [1.29, 1.82) is 0 Å². The smallest absolute Gasteiger partial charge is 0.0812 e. The van der Waals surface area contributed by atoms with E-state index in [0.717, 1.165) is 0 Å². The molecule has 5 heteroatoms. The Bertz CT molecular complexity index is 256. The molecule has 0 radical (unpaired) electrons. The van der Waals surface area contributed by atoms with Gasteiger partial charge >= 0.3 is 0 Å². The lowest BCUT2D eigenvalue weighted by Gasteiger charge is -2.23. The number of hydrogen-bond donors (Lipinski definition) is 0. The molecule has 0 saturated carbocycles. The topological polar surface area (TPSA) is 46.2 Å². The highest BCUT2D eigenvalue weighted by Crippen LogP contribution is 2.24. The van der Waals surface area contributed by atoms with Gasteiger partial charge in [-0.15, -0.1) is 0 Å². The highest BCUT2D eigenvalue weighted by Gasteiger charge is 2.27. The summed E-state index contributed by atoms with van der Waals surface area (Å²) in [5.41, 5.74) is 0. The van der Waals surface area contributed by atoms with Gasteiger partial charge in [0.2, 0.25) is 0 Å². The van der Waals surface area contributed by atoms with Gasteiger partial charge in [0.1, 0.15) is 0 Å². The van der Waals surface area contributed by atoms with Crippen LogP contribution in [-0.4, -0.2) is 66.1 Å². The number of methoxy groups -OCH3 is 2. The zero-order valence-electron chi connectivity index (χ0n) is 13.7. The lowest BCUT2D eigenvalue weighted by atomic mass is 10.1. The van der Waals surface area contributed by atoms with Crippen LogP contribution in [0.4, 0.5) is 0 Å². The van der Waals surface area contributed by atoms with Gasteiger partial charge < -0.3 is 23.7 Å². The molecule has 1 heterocycles. The van der Waals surface area contributed by atoms with Crippen molar-refractivity contribution < 1.29 is 23.7 Å². The van der Waals surface area contributed by atoms with E-state index in [1.54, 1.807) is 14.2 Å². The van der Waals surface area contributed by atoms with E-state index in [4.69, 9.17) is 23.7 Å². The molecule has 1 rings (SSSR count). The minimum atomic E-state index is 0.124. The minimum Gasteiger partial charge on any atom is -0.382 e. The summed E-state index contributed by atoms with van der Waals surface area (Å²) >= 11 is 0. The summed E-state index contributed by atoms with van der Waals surface area (Å²) in [5, 5.41) is 0. The van der Waals surface area contributed by atoms with Gasteiger partial charge in [0.25, 0.3) is 0 Å². The molecule has 0 bridgehead atoms. The van der Waals surface area contributed by atoms with E-state index < -0.39 is 0 Å². The molecule has 0 fully saturated rings. The maximum absolute atomic E-state index is 6.07. The largest absolute Gasteiger partial charge is 0.382 e.